The summed E-state index contributed by atoms with van der Waals surface area (Å²) in [7, 11) is 0. The van der Waals surface area contributed by atoms with Crippen molar-refractivity contribution in [1.82, 2.24) is 4.98 Å². The highest BCUT2D eigenvalue weighted by atomic mass is 16.5. The molecule has 1 aromatic heterocycles. The van der Waals surface area contributed by atoms with Gasteiger partial charge in [0.25, 0.3) is 0 Å². The predicted octanol–water partition coefficient (Wildman–Crippen LogP) is 2.26. The van der Waals surface area contributed by atoms with Crippen LogP contribution in [-0.4, -0.2) is 40.7 Å². The van der Waals surface area contributed by atoms with Gasteiger partial charge in [-0.1, -0.05) is 13.8 Å². The molecule has 0 aliphatic heterocycles. The van der Waals surface area contributed by atoms with E-state index in [4.69, 9.17) is 4.74 Å². The molecule has 1 saturated carbocycles. The SMILES string of the molecule is CCO[C@H]1C[C@](O)(CNc2ccc(C(C)=O)cn2)C1(C)C. The lowest BCUT2D eigenvalue weighted by Gasteiger charge is -2.58. The second-order valence-corrected chi connectivity index (χ2v) is 6.24. The van der Waals surface area contributed by atoms with Gasteiger partial charge in [-0.2, -0.15) is 0 Å². The van der Waals surface area contributed by atoms with Gasteiger partial charge >= 0.3 is 0 Å². The number of nitrogens with zero attached hydrogens (tertiary/aromatic N) is 1. The fraction of sp³-hybridized carbons (Fsp3) is 0.625. The molecule has 2 rings (SSSR count). The molecule has 0 aromatic carbocycles. The molecule has 2 atom stereocenters. The van der Waals surface area contributed by atoms with E-state index < -0.39 is 5.60 Å². The maximum absolute atomic E-state index is 11.2. The Kier molecular flexibility index (Phi) is 4.35. The Morgan fingerprint density at radius 3 is 2.71 bits per heavy atom. The summed E-state index contributed by atoms with van der Waals surface area (Å²) in [6.45, 7) is 8.58. The van der Waals surface area contributed by atoms with Crippen molar-refractivity contribution >= 4 is 11.6 Å². The van der Waals surface area contributed by atoms with Crippen molar-refractivity contribution in [2.24, 2.45) is 5.41 Å². The fourth-order valence-electron chi connectivity index (χ4n) is 2.71. The predicted molar refractivity (Wildman–Crippen MR) is 81.5 cm³/mol. The van der Waals surface area contributed by atoms with Gasteiger partial charge in [0.2, 0.25) is 0 Å². The molecule has 1 aliphatic rings. The highest BCUT2D eigenvalue weighted by molar-refractivity contribution is 5.93. The van der Waals surface area contributed by atoms with Crippen LogP contribution in [0, 0.1) is 5.41 Å². The minimum Gasteiger partial charge on any atom is -0.387 e. The van der Waals surface area contributed by atoms with E-state index >= 15 is 0 Å². The number of Topliss-reactive ketones (excluding diaryl/α,β-unsaturated/α-hetero) is 1. The normalized spacial score (nSPS) is 27.0. The van der Waals surface area contributed by atoms with Crippen molar-refractivity contribution in [2.45, 2.75) is 45.8 Å². The molecule has 5 heteroatoms. The molecule has 1 fully saturated rings. The number of carbonyl (C=O) groups is 1. The average molecular weight is 292 g/mol. The number of aromatic nitrogens is 1. The third kappa shape index (κ3) is 2.94. The summed E-state index contributed by atoms with van der Waals surface area (Å²) in [5, 5.41) is 13.9. The van der Waals surface area contributed by atoms with Gasteiger partial charge < -0.3 is 15.2 Å². The first-order valence-electron chi connectivity index (χ1n) is 7.35. The van der Waals surface area contributed by atoms with E-state index in [2.05, 4.69) is 10.3 Å². The molecule has 5 nitrogen and oxygen atoms in total. The molecule has 0 spiro atoms. The van der Waals surface area contributed by atoms with E-state index in [-0.39, 0.29) is 17.3 Å². The third-order valence-electron chi connectivity index (χ3n) is 4.63. The van der Waals surface area contributed by atoms with E-state index in [1.165, 1.54) is 6.92 Å². The van der Waals surface area contributed by atoms with Crippen molar-refractivity contribution < 1.29 is 14.6 Å². The van der Waals surface area contributed by atoms with Gasteiger partial charge in [0.15, 0.2) is 5.78 Å². The number of carbonyl (C=O) groups excluding carboxylic acids is 1. The van der Waals surface area contributed by atoms with Gasteiger partial charge in [-0.3, -0.25) is 4.79 Å². The lowest BCUT2D eigenvalue weighted by molar-refractivity contribution is -0.233. The maximum atomic E-state index is 11.2. The molecule has 0 bridgehead atoms. The lowest BCUT2D eigenvalue weighted by Crippen LogP contribution is -2.67. The topological polar surface area (TPSA) is 71.5 Å². The number of nitrogens with one attached hydrogen (secondary N) is 1. The molecular weight excluding hydrogens is 268 g/mol. The summed E-state index contributed by atoms with van der Waals surface area (Å²) < 4.78 is 5.64. The van der Waals surface area contributed by atoms with Gasteiger partial charge in [-0.15, -0.1) is 0 Å². The number of rotatable bonds is 6. The van der Waals surface area contributed by atoms with Crippen LogP contribution in [0.4, 0.5) is 5.82 Å². The van der Waals surface area contributed by atoms with E-state index in [0.717, 1.165) is 0 Å². The second-order valence-electron chi connectivity index (χ2n) is 6.24. The van der Waals surface area contributed by atoms with Gasteiger partial charge in [0.1, 0.15) is 5.82 Å². The molecule has 0 amide bonds. The van der Waals surface area contributed by atoms with E-state index in [9.17, 15) is 9.90 Å². The van der Waals surface area contributed by atoms with E-state index in [1.54, 1.807) is 18.3 Å². The van der Waals surface area contributed by atoms with E-state index in [1.807, 2.05) is 20.8 Å². The monoisotopic (exact) mass is 292 g/mol. The van der Waals surface area contributed by atoms with Crippen LogP contribution in [0.2, 0.25) is 0 Å². The van der Waals surface area contributed by atoms with Gasteiger partial charge in [0, 0.05) is 36.7 Å². The van der Waals surface area contributed by atoms with Crippen molar-refractivity contribution in [3.8, 4) is 0 Å². The van der Waals surface area contributed by atoms with Crippen LogP contribution in [0.3, 0.4) is 0 Å². The zero-order valence-corrected chi connectivity index (χ0v) is 13.1. The standard InChI is InChI=1S/C16H24N2O3/c1-5-21-13-8-16(20,15(13,3)4)10-18-14-7-6-12(9-17-14)11(2)19/h6-7,9,13,20H,5,8,10H2,1-4H3,(H,17,18)/t13-,16-/m0/s1. The highest BCUT2D eigenvalue weighted by Gasteiger charge is 2.59. The molecule has 116 valence electrons. The summed E-state index contributed by atoms with van der Waals surface area (Å²) in [4.78, 5) is 15.4. The molecular formula is C16H24N2O3. The number of ether oxygens (including phenoxy) is 1. The Labute approximate surface area is 125 Å². The van der Waals surface area contributed by atoms with Crippen LogP contribution in [0.15, 0.2) is 18.3 Å². The molecule has 1 aromatic rings. The minimum atomic E-state index is -0.812. The van der Waals surface area contributed by atoms with Crippen molar-refractivity contribution in [3.63, 3.8) is 0 Å². The first-order chi connectivity index (χ1) is 9.80. The molecule has 0 saturated heterocycles. The molecule has 0 unspecified atom stereocenters. The van der Waals surface area contributed by atoms with Gasteiger partial charge in [-0.25, -0.2) is 4.98 Å². The number of hydrogen-bond acceptors (Lipinski definition) is 5. The number of hydrogen-bond donors (Lipinski definition) is 2. The zero-order chi connectivity index (χ0) is 15.7. The maximum Gasteiger partial charge on any atom is 0.161 e. The Bertz CT molecular complexity index is 513. The van der Waals surface area contributed by atoms with Crippen LogP contribution in [0.5, 0.6) is 0 Å². The van der Waals surface area contributed by atoms with Crippen LogP contribution in [0.25, 0.3) is 0 Å². The zero-order valence-electron chi connectivity index (χ0n) is 13.1. The molecule has 0 radical (unpaired) electrons. The average Bonchev–Trinajstić information content (AvgIpc) is 2.45. The first kappa shape index (κ1) is 15.9. The fourth-order valence-corrected chi connectivity index (χ4v) is 2.71. The van der Waals surface area contributed by atoms with Crippen LogP contribution in [-0.2, 0) is 4.74 Å². The molecule has 1 aliphatic carbocycles. The van der Waals surface area contributed by atoms with Gasteiger partial charge in [-0.05, 0) is 26.0 Å². The van der Waals surface area contributed by atoms with Crippen molar-refractivity contribution in [1.29, 1.82) is 0 Å². The smallest absolute Gasteiger partial charge is 0.161 e. The number of anilines is 1. The van der Waals surface area contributed by atoms with Gasteiger partial charge in [0.05, 0.1) is 11.7 Å². The van der Waals surface area contributed by atoms with Crippen molar-refractivity contribution in [3.05, 3.63) is 23.9 Å². The van der Waals surface area contributed by atoms with E-state index in [0.29, 0.717) is 31.0 Å². The van der Waals surface area contributed by atoms with Crippen LogP contribution < -0.4 is 5.32 Å². The number of pyridine rings is 1. The highest BCUT2D eigenvalue weighted by Crippen LogP contribution is 2.51. The van der Waals surface area contributed by atoms with Crippen LogP contribution >= 0.6 is 0 Å². The second kappa shape index (κ2) is 5.73. The quantitative estimate of drug-likeness (QED) is 0.787. The Morgan fingerprint density at radius 1 is 1.52 bits per heavy atom. The molecule has 1 heterocycles. The Hall–Kier alpha value is -1.46. The Morgan fingerprint density at radius 2 is 2.24 bits per heavy atom. The molecule has 2 N–H and O–H groups in total. The summed E-state index contributed by atoms with van der Waals surface area (Å²) in [6.07, 6.45) is 2.25. The molecule has 21 heavy (non-hydrogen) atoms. The number of ketones is 1. The number of aliphatic hydroxyl groups is 1. The van der Waals surface area contributed by atoms with Crippen molar-refractivity contribution in [2.75, 3.05) is 18.5 Å². The summed E-state index contributed by atoms with van der Waals surface area (Å²) >= 11 is 0. The summed E-state index contributed by atoms with van der Waals surface area (Å²) in [6, 6.07) is 3.49. The largest absolute Gasteiger partial charge is 0.387 e. The van der Waals surface area contributed by atoms with Crippen LogP contribution in [0.1, 0.15) is 44.5 Å². The minimum absolute atomic E-state index is 0.00707. The third-order valence-corrected chi connectivity index (χ3v) is 4.63. The lowest BCUT2D eigenvalue weighted by atomic mass is 9.56. The first-order valence-corrected chi connectivity index (χ1v) is 7.35. The Balaban J connectivity index is 1.95. The summed E-state index contributed by atoms with van der Waals surface area (Å²) in [5.41, 5.74) is -0.525. The summed E-state index contributed by atoms with van der Waals surface area (Å²) in [5.74, 6) is 0.649.